The average molecular weight is 385 g/mol. The van der Waals surface area contributed by atoms with Crippen LogP contribution in [0.1, 0.15) is 22.7 Å². The summed E-state index contributed by atoms with van der Waals surface area (Å²) in [6.07, 6.45) is 0.659. The number of aryl methyl sites for hydroxylation is 1. The van der Waals surface area contributed by atoms with Gasteiger partial charge < -0.3 is 10.5 Å². The molecule has 0 saturated heterocycles. The molecule has 0 saturated carbocycles. The monoisotopic (exact) mass is 385 g/mol. The minimum absolute atomic E-state index is 0.182. The number of nitrogens with two attached hydrogens (primary N) is 1. The molecule has 0 aromatic heterocycles. The van der Waals surface area contributed by atoms with Crippen molar-refractivity contribution < 1.29 is 9.13 Å². The lowest BCUT2D eigenvalue weighted by atomic mass is 9.98. The number of halogens is 2. The molecule has 0 heterocycles. The molecule has 0 aliphatic heterocycles. The quantitative estimate of drug-likeness (QED) is 0.808. The smallest absolute Gasteiger partial charge is 0.124 e. The van der Waals surface area contributed by atoms with Crippen LogP contribution in [0.3, 0.4) is 0 Å². The summed E-state index contributed by atoms with van der Waals surface area (Å²) in [5.74, 6) is 0.599. The first kappa shape index (κ1) is 15.3. The summed E-state index contributed by atoms with van der Waals surface area (Å²) >= 11 is 2.12. The Morgan fingerprint density at radius 3 is 2.65 bits per heavy atom. The SMILES string of the molecule is COc1ccc(C)cc1CC(N)c1ccc(F)cc1I. The van der Waals surface area contributed by atoms with E-state index in [0.717, 1.165) is 20.4 Å². The summed E-state index contributed by atoms with van der Waals surface area (Å²) in [5, 5.41) is 0. The minimum atomic E-state index is -0.238. The third kappa shape index (κ3) is 3.49. The number of ether oxygens (including phenoxy) is 1. The Labute approximate surface area is 132 Å². The highest BCUT2D eigenvalue weighted by atomic mass is 127. The van der Waals surface area contributed by atoms with Gasteiger partial charge in [0.15, 0.2) is 0 Å². The van der Waals surface area contributed by atoms with Gasteiger partial charge in [0.05, 0.1) is 7.11 Å². The van der Waals surface area contributed by atoms with Crippen LogP contribution in [-0.2, 0) is 6.42 Å². The zero-order valence-corrected chi connectivity index (χ0v) is 13.6. The summed E-state index contributed by atoms with van der Waals surface area (Å²) in [6.45, 7) is 2.04. The molecule has 0 radical (unpaired) electrons. The zero-order chi connectivity index (χ0) is 14.7. The summed E-state index contributed by atoms with van der Waals surface area (Å²) < 4.78 is 19.4. The van der Waals surface area contributed by atoms with Crippen molar-refractivity contribution in [2.75, 3.05) is 7.11 Å². The van der Waals surface area contributed by atoms with E-state index in [2.05, 4.69) is 28.7 Å². The molecule has 4 heteroatoms. The largest absolute Gasteiger partial charge is 0.496 e. The molecule has 2 aromatic carbocycles. The molecule has 0 aliphatic rings. The molecule has 0 bridgehead atoms. The molecule has 2 nitrogen and oxygen atoms in total. The molecule has 1 unspecified atom stereocenters. The topological polar surface area (TPSA) is 35.2 Å². The summed E-state index contributed by atoms with van der Waals surface area (Å²) in [6, 6.07) is 10.6. The van der Waals surface area contributed by atoms with E-state index in [1.165, 1.54) is 17.7 Å². The second-order valence-electron chi connectivity index (χ2n) is 4.79. The van der Waals surface area contributed by atoms with Gasteiger partial charge in [0.2, 0.25) is 0 Å². The number of rotatable bonds is 4. The van der Waals surface area contributed by atoms with Gasteiger partial charge in [-0.15, -0.1) is 0 Å². The van der Waals surface area contributed by atoms with E-state index >= 15 is 0 Å². The standard InChI is InChI=1S/C16H17FINO/c1-10-3-6-16(20-2)11(7-10)8-15(19)13-5-4-12(17)9-14(13)18/h3-7,9,15H,8,19H2,1-2H3. The van der Waals surface area contributed by atoms with Gasteiger partial charge in [0.1, 0.15) is 11.6 Å². The lowest BCUT2D eigenvalue weighted by Crippen LogP contribution is -2.15. The molecule has 0 fully saturated rings. The predicted molar refractivity (Wildman–Crippen MR) is 87.5 cm³/mol. The van der Waals surface area contributed by atoms with E-state index in [9.17, 15) is 4.39 Å². The van der Waals surface area contributed by atoms with E-state index in [0.29, 0.717) is 6.42 Å². The van der Waals surface area contributed by atoms with Gasteiger partial charge in [-0.25, -0.2) is 4.39 Å². The van der Waals surface area contributed by atoms with Crippen LogP contribution in [0.25, 0.3) is 0 Å². The molecule has 106 valence electrons. The maximum atomic E-state index is 13.1. The second kappa shape index (κ2) is 6.54. The fourth-order valence-corrected chi connectivity index (χ4v) is 3.09. The molecular weight excluding hydrogens is 368 g/mol. The van der Waals surface area contributed by atoms with Gasteiger partial charge in [-0.3, -0.25) is 0 Å². The van der Waals surface area contributed by atoms with Crippen LogP contribution < -0.4 is 10.5 Å². The Kier molecular flexibility index (Phi) is 4.99. The number of hydrogen-bond acceptors (Lipinski definition) is 2. The van der Waals surface area contributed by atoms with Crippen molar-refractivity contribution >= 4 is 22.6 Å². The summed E-state index contributed by atoms with van der Waals surface area (Å²) in [5.41, 5.74) is 9.46. The molecule has 2 rings (SSSR count). The van der Waals surface area contributed by atoms with Crippen molar-refractivity contribution in [3.05, 3.63) is 62.5 Å². The van der Waals surface area contributed by atoms with E-state index in [1.807, 2.05) is 19.1 Å². The number of benzene rings is 2. The van der Waals surface area contributed by atoms with Crippen LogP contribution in [0.2, 0.25) is 0 Å². The Morgan fingerprint density at radius 1 is 1.25 bits per heavy atom. The first-order chi connectivity index (χ1) is 9.51. The maximum absolute atomic E-state index is 13.1. The highest BCUT2D eigenvalue weighted by molar-refractivity contribution is 14.1. The van der Waals surface area contributed by atoms with Crippen molar-refractivity contribution in [3.8, 4) is 5.75 Å². The van der Waals surface area contributed by atoms with Crippen molar-refractivity contribution in [1.82, 2.24) is 0 Å². The summed E-state index contributed by atoms with van der Waals surface area (Å²) in [7, 11) is 1.65. The Morgan fingerprint density at radius 2 is 2.00 bits per heavy atom. The number of hydrogen-bond donors (Lipinski definition) is 1. The van der Waals surface area contributed by atoms with E-state index in [-0.39, 0.29) is 11.9 Å². The van der Waals surface area contributed by atoms with E-state index in [4.69, 9.17) is 10.5 Å². The fraction of sp³-hybridized carbons (Fsp3) is 0.250. The molecular formula is C16H17FINO. The van der Waals surface area contributed by atoms with Gasteiger partial charge in [-0.05, 0) is 65.3 Å². The summed E-state index contributed by atoms with van der Waals surface area (Å²) in [4.78, 5) is 0. The molecule has 2 aromatic rings. The Bertz CT molecular complexity index is 615. The van der Waals surface area contributed by atoms with Crippen LogP contribution in [-0.4, -0.2) is 7.11 Å². The predicted octanol–water partition coefficient (Wildman–Crippen LogP) is 3.99. The third-order valence-corrected chi connectivity index (χ3v) is 4.17. The fourth-order valence-electron chi connectivity index (χ4n) is 2.22. The van der Waals surface area contributed by atoms with Crippen LogP contribution >= 0.6 is 22.6 Å². The van der Waals surface area contributed by atoms with Crippen LogP contribution in [0.4, 0.5) is 4.39 Å². The van der Waals surface area contributed by atoms with Crippen molar-refractivity contribution in [1.29, 1.82) is 0 Å². The molecule has 0 amide bonds. The normalized spacial score (nSPS) is 12.2. The molecule has 0 spiro atoms. The first-order valence-corrected chi connectivity index (χ1v) is 7.43. The lowest BCUT2D eigenvalue weighted by Gasteiger charge is -2.16. The lowest BCUT2D eigenvalue weighted by molar-refractivity contribution is 0.408. The van der Waals surface area contributed by atoms with Crippen LogP contribution in [0, 0.1) is 16.3 Å². The van der Waals surface area contributed by atoms with Gasteiger partial charge >= 0.3 is 0 Å². The van der Waals surface area contributed by atoms with Crippen molar-refractivity contribution in [2.24, 2.45) is 5.73 Å². The van der Waals surface area contributed by atoms with Crippen molar-refractivity contribution in [2.45, 2.75) is 19.4 Å². The van der Waals surface area contributed by atoms with Crippen LogP contribution in [0.5, 0.6) is 5.75 Å². The molecule has 20 heavy (non-hydrogen) atoms. The van der Waals surface area contributed by atoms with Gasteiger partial charge in [0.25, 0.3) is 0 Å². The zero-order valence-electron chi connectivity index (χ0n) is 11.5. The van der Waals surface area contributed by atoms with Gasteiger partial charge in [-0.2, -0.15) is 0 Å². The van der Waals surface area contributed by atoms with Crippen LogP contribution in [0.15, 0.2) is 36.4 Å². The van der Waals surface area contributed by atoms with Gasteiger partial charge in [-0.1, -0.05) is 23.8 Å². The molecule has 0 aliphatic carbocycles. The van der Waals surface area contributed by atoms with E-state index < -0.39 is 0 Å². The number of methoxy groups -OCH3 is 1. The molecule has 1 atom stereocenters. The highest BCUT2D eigenvalue weighted by Gasteiger charge is 2.14. The Hall–Kier alpha value is -1.14. The second-order valence-corrected chi connectivity index (χ2v) is 5.95. The maximum Gasteiger partial charge on any atom is 0.124 e. The minimum Gasteiger partial charge on any atom is -0.496 e. The third-order valence-electron chi connectivity index (χ3n) is 3.24. The Balaban J connectivity index is 2.27. The molecule has 2 N–H and O–H groups in total. The highest BCUT2D eigenvalue weighted by Crippen LogP contribution is 2.27. The van der Waals surface area contributed by atoms with Gasteiger partial charge in [0, 0.05) is 9.61 Å². The van der Waals surface area contributed by atoms with E-state index in [1.54, 1.807) is 13.2 Å². The van der Waals surface area contributed by atoms with Crippen molar-refractivity contribution in [3.63, 3.8) is 0 Å². The first-order valence-electron chi connectivity index (χ1n) is 6.35. The average Bonchev–Trinajstić information content (AvgIpc) is 2.38.